The van der Waals surface area contributed by atoms with Gasteiger partial charge < -0.3 is 5.11 Å². The number of thioether (sulfide) groups is 1. The molecule has 1 fully saturated rings. The minimum atomic E-state index is -1.08. The van der Waals surface area contributed by atoms with Gasteiger partial charge >= 0.3 is 0 Å². The number of nitrogens with zero attached hydrogens (tertiary/aromatic N) is 1. The van der Waals surface area contributed by atoms with Gasteiger partial charge in [-0.05, 0) is 23.8 Å². The number of hydrogen-bond donors (Lipinski definition) is 1. The van der Waals surface area contributed by atoms with Crippen LogP contribution >= 0.6 is 24.0 Å². The molecule has 0 saturated carbocycles. The van der Waals surface area contributed by atoms with Crippen LogP contribution in [0.1, 0.15) is 5.56 Å². The van der Waals surface area contributed by atoms with E-state index in [1.807, 2.05) is 0 Å². The Hall–Kier alpha value is -1.47. The number of phenolic OH excluding ortho intramolecular Hbond substituents is 1. The summed E-state index contributed by atoms with van der Waals surface area (Å²) in [7, 11) is 1.52. The van der Waals surface area contributed by atoms with Crippen molar-refractivity contribution >= 4 is 40.3 Å². The molecule has 0 bridgehead atoms. The molecule has 94 valence electrons. The van der Waals surface area contributed by atoms with Crippen LogP contribution < -0.4 is 0 Å². The fraction of sp³-hybridized carbons (Fsp3) is 0.0909. The number of rotatable bonds is 1. The molecule has 1 aromatic carbocycles. The van der Waals surface area contributed by atoms with Crippen molar-refractivity contribution in [2.75, 3.05) is 7.05 Å². The molecule has 1 aromatic rings. The fourth-order valence-electron chi connectivity index (χ4n) is 1.37. The van der Waals surface area contributed by atoms with Crippen molar-refractivity contribution in [2.45, 2.75) is 0 Å². The molecular weight excluding hydrogens is 280 g/mol. The normalized spacial score (nSPS) is 17.9. The predicted octanol–water partition coefficient (Wildman–Crippen LogP) is 2.50. The van der Waals surface area contributed by atoms with Crippen LogP contribution in [0, 0.1) is 11.6 Å². The third-order valence-electron chi connectivity index (χ3n) is 2.32. The van der Waals surface area contributed by atoms with Gasteiger partial charge in [0.05, 0.1) is 4.91 Å². The van der Waals surface area contributed by atoms with E-state index in [0.717, 1.165) is 23.9 Å². The number of halogens is 2. The second kappa shape index (κ2) is 4.66. The molecule has 0 unspecified atom stereocenters. The molecule has 18 heavy (non-hydrogen) atoms. The third kappa shape index (κ3) is 2.23. The second-order valence-electron chi connectivity index (χ2n) is 3.57. The Morgan fingerprint density at radius 1 is 1.39 bits per heavy atom. The van der Waals surface area contributed by atoms with Gasteiger partial charge in [-0.25, -0.2) is 8.78 Å². The van der Waals surface area contributed by atoms with Crippen molar-refractivity contribution < 1.29 is 18.7 Å². The summed E-state index contributed by atoms with van der Waals surface area (Å²) in [4.78, 5) is 13.2. The lowest BCUT2D eigenvalue weighted by Crippen LogP contribution is -2.22. The molecule has 7 heteroatoms. The number of phenols is 1. The highest BCUT2D eigenvalue weighted by Crippen LogP contribution is 2.32. The first-order chi connectivity index (χ1) is 8.40. The first kappa shape index (κ1) is 13.0. The van der Waals surface area contributed by atoms with E-state index in [4.69, 9.17) is 17.3 Å². The zero-order valence-electron chi connectivity index (χ0n) is 9.11. The Bertz CT molecular complexity index is 563. The molecule has 1 amide bonds. The van der Waals surface area contributed by atoms with Crippen molar-refractivity contribution in [3.05, 3.63) is 34.2 Å². The minimum absolute atomic E-state index is 0.150. The third-order valence-corrected chi connectivity index (χ3v) is 3.81. The van der Waals surface area contributed by atoms with Gasteiger partial charge in [0.1, 0.15) is 4.32 Å². The second-order valence-corrected chi connectivity index (χ2v) is 5.25. The highest BCUT2D eigenvalue weighted by Gasteiger charge is 2.28. The molecular formula is C11H7F2NO2S2. The fourth-order valence-corrected chi connectivity index (χ4v) is 2.54. The van der Waals surface area contributed by atoms with Gasteiger partial charge in [0.2, 0.25) is 0 Å². The minimum Gasteiger partial charge on any atom is -0.503 e. The topological polar surface area (TPSA) is 40.5 Å². The summed E-state index contributed by atoms with van der Waals surface area (Å²) >= 11 is 5.98. The van der Waals surface area contributed by atoms with Gasteiger partial charge in [-0.15, -0.1) is 0 Å². The van der Waals surface area contributed by atoms with Gasteiger partial charge in [0.15, 0.2) is 17.4 Å². The molecule has 0 aromatic heterocycles. The van der Waals surface area contributed by atoms with Crippen LogP contribution in [0.5, 0.6) is 5.75 Å². The van der Waals surface area contributed by atoms with Crippen LogP contribution in [0.25, 0.3) is 6.08 Å². The van der Waals surface area contributed by atoms with Gasteiger partial charge in [-0.1, -0.05) is 24.0 Å². The molecule has 1 heterocycles. The Morgan fingerprint density at radius 3 is 2.39 bits per heavy atom. The van der Waals surface area contributed by atoms with Gasteiger partial charge in [-0.2, -0.15) is 0 Å². The van der Waals surface area contributed by atoms with E-state index < -0.39 is 17.4 Å². The largest absolute Gasteiger partial charge is 0.503 e. The van der Waals surface area contributed by atoms with Crippen LogP contribution in [0.2, 0.25) is 0 Å². The molecule has 2 rings (SSSR count). The SMILES string of the molecule is CN1C(=O)/C(=C/c2cc(F)c(O)c(F)c2)SC1=S. The summed E-state index contributed by atoms with van der Waals surface area (Å²) < 4.78 is 26.6. The average molecular weight is 287 g/mol. The van der Waals surface area contributed by atoms with Crippen molar-refractivity contribution in [1.29, 1.82) is 0 Å². The summed E-state index contributed by atoms with van der Waals surface area (Å²) in [6, 6.07) is 1.89. The van der Waals surface area contributed by atoms with E-state index in [-0.39, 0.29) is 16.4 Å². The first-order valence-electron chi connectivity index (χ1n) is 4.79. The van der Waals surface area contributed by atoms with E-state index in [0.29, 0.717) is 4.32 Å². The van der Waals surface area contributed by atoms with Crippen molar-refractivity contribution in [3.8, 4) is 5.75 Å². The molecule has 3 nitrogen and oxygen atoms in total. The number of aromatic hydroxyl groups is 1. The summed E-state index contributed by atoms with van der Waals surface area (Å²) in [5, 5.41) is 8.96. The van der Waals surface area contributed by atoms with Crippen LogP contribution in [-0.4, -0.2) is 27.3 Å². The summed E-state index contributed by atoms with van der Waals surface area (Å²) in [5.74, 6) is -3.50. The zero-order valence-corrected chi connectivity index (χ0v) is 10.7. The summed E-state index contributed by atoms with van der Waals surface area (Å²) in [5.41, 5.74) is 0.150. The standard InChI is InChI=1S/C11H7F2NO2S2/c1-14-10(16)8(18-11(14)17)4-5-2-6(12)9(15)7(13)3-5/h2-4,15H,1H3/b8-4-. The molecule has 0 atom stereocenters. The highest BCUT2D eigenvalue weighted by atomic mass is 32.2. The smallest absolute Gasteiger partial charge is 0.265 e. The Morgan fingerprint density at radius 2 is 1.94 bits per heavy atom. The molecule has 1 aliphatic heterocycles. The average Bonchev–Trinajstić information content (AvgIpc) is 2.54. The van der Waals surface area contributed by atoms with Crippen LogP contribution in [0.4, 0.5) is 8.78 Å². The molecule has 0 radical (unpaired) electrons. The quantitative estimate of drug-likeness (QED) is 0.636. The number of carbonyl (C=O) groups is 1. The lowest BCUT2D eigenvalue weighted by molar-refractivity contribution is -0.121. The number of carbonyl (C=O) groups excluding carboxylic acids is 1. The molecule has 1 saturated heterocycles. The van der Waals surface area contributed by atoms with Gasteiger partial charge in [0, 0.05) is 7.05 Å². The van der Waals surface area contributed by atoms with Crippen molar-refractivity contribution in [1.82, 2.24) is 4.90 Å². The number of likely N-dealkylation sites (N-methyl/N-ethyl adjacent to an activating group) is 1. The maximum atomic E-state index is 13.1. The number of benzene rings is 1. The van der Waals surface area contributed by atoms with Gasteiger partial charge in [0.25, 0.3) is 5.91 Å². The number of hydrogen-bond acceptors (Lipinski definition) is 4. The Balaban J connectivity index is 2.40. The maximum absolute atomic E-state index is 13.1. The van der Waals surface area contributed by atoms with Crippen molar-refractivity contribution in [2.24, 2.45) is 0 Å². The van der Waals surface area contributed by atoms with E-state index in [2.05, 4.69) is 0 Å². The summed E-state index contributed by atoms with van der Waals surface area (Å²) in [6.45, 7) is 0. The first-order valence-corrected chi connectivity index (χ1v) is 6.02. The van der Waals surface area contributed by atoms with Crippen LogP contribution in [-0.2, 0) is 4.79 Å². The zero-order chi connectivity index (χ0) is 13.4. The van der Waals surface area contributed by atoms with Crippen LogP contribution in [0.3, 0.4) is 0 Å². The molecule has 1 aliphatic rings. The number of amides is 1. The monoisotopic (exact) mass is 287 g/mol. The lowest BCUT2D eigenvalue weighted by atomic mass is 10.2. The Labute approximate surface area is 111 Å². The van der Waals surface area contributed by atoms with Crippen molar-refractivity contribution in [3.63, 3.8) is 0 Å². The van der Waals surface area contributed by atoms with Crippen LogP contribution in [0.15, 0.2) is 17.0 Å². The predicted molar refractivity (Wildman–Crippen MR) is 69.0 cm³/mol. The Kier molecular flexibility index (Phi) is 3.36. The molecule has 0 spiro atoms. The summed E-state index contributed by atoms with van der Waals surface area (Å²) in [6.07, 6.45) is 1.33. The van der Waals surface area contributed by atoms with E-state index in [9.17, 15) is 13.6 Å². The van der Waals surface area contributed by atoms with E-state index in [1.54, 1.807) is 0 Å². The van der Waals surface area contributed by atoms with Gasteiger partial charge in [-0.3, -0.25) is 9.69 Å². The highest BCUT2D eigenvalue weighted by molar-refractivity contribution is 8.26. The van der Waals surface area contributed by atoms with E-state index >= 15 is 0 Å². The maximum Gasteiger partial charge on any atom is 0.265 e. The molecule has 1 N–H and O–H groups in total. The molecule has 0 aliphatic carbocycles. The number of thiocarbonyl (C=S) groups is 1. The lowest BCUT2D eigenvalue weighted by Gasteiger charge is -2.03. The van der Waals surface area contributed by atoms with E-state index in [1.165, 1.54) is 18.0 Å².